The highest BCUT2D eigenvalue weighted by molar-refractivity contribution is 6.30. The lowest BCUT2D eigenvalue weighted by Gasteiger charge is -2.28. The number of hydrogen-bond donors (Lipinski definition) is 2. The number of benzene rings is 2. The van der Waals surface area contributed by atoms with Crippen LogP contribution in [0.5, 0.6) is 5.75 Å². The molecule has 0 unspecified atom stereocenters. The van der Waals surface area contributed by atoms with Crippen LogP contribution in [0, 0.1) is 0 Å². The van der Waals surface area contributed by atoms with E-state index in [1.807, 2.05) is 36.4 Å². The average Bonchev–Trinajstić information content (AvgIpc) is 3.25. The summed E-state index contributed by atoms with van der Waals surface area (Å²) < 4.78 is 5.26. The van der Waals surface area contributed by atoms with Crippen LogP contribution in [0.4, 0.5) is 4.79 Å². The zero-order valence-electron chi connectivity index (χ0n) is 16.3. The lowest BCUT2D eigenvalue weighted by molar-refractivity contribution is 0.221. The number of nitrogens with zero attached hydrogens (tertiary/aromatic N) is 1. The van der Waals surface area contributed by atoms with Crippen LogP contribution in [0.3, 0.4) is 0 Å². The molecule has 0 spiro atoms. The van der Waals surface area contributed by atoms with Crippen molar-refractivity contribution in [1.29, 1.82) is 0 Å². The summed E-state index contributed by atoms with van der Waals surface area (Å²) >= 11 is 5.90. The van der Waals surface area contributed by atoms with Crippen LogP contribution in [0.1, 0.15) is 30.0 Å². The third kappa shape index (κ3) is 5.88. The molecule has 3 rings (SSSR count). The van der Waals surface area contributed by atoms with Crippen molar-refractivity contribution in [2.75, 3.05) is 33.3 Å². The summed E-state index contributed by atoms with van der Waals surface area (Å²) in [6, 6.07) is 15.9. The summed E-state index contributed by atoms with van der Waals surface area (Å²) in [7, 11) is 1.67. The molecule has 1 heterocycles. The van der Waals surface area contributed by atoms with E-state index in [9.17, 15) is 4.79 Å². The smallest absolute Gasteiger partial charge is 0.314 e. The van der Waals surface area contributed by atoms with Gasteiger partial charge in [0.1, 0.15) is 5.75 Å². The van der Waals surface area contributed by atoms with Crippen LogP contribution in [0.2, 0.25) is 5.02 Å². The van der Waals surface area contributed by atoms with E-state index < -0.39 is 0 Å². The number of hydrogen-bond acceptors (Lipinski definition) is 3. The van der Waals surface area contributed by atoms with Crippen molar-refractivity contribution in [3.63, 3.8) is 0 Å². The Morgan fingerprint density at radius 1 is 1.07 bits per heavy atom. The number of halogens is 1. The lowest BCUT2D eigenvalue weighted by atomic mass is 10.1. The van der Waals surface area contributed by atoms with Gasteiger partial charge in [-0.2, -0.15) is 0 Å². The van der Waals surface area contributed by atoms with E-state index in [-0.39, 0.29) is 12.1 Å². The molecule has 1 saturated heterocycles. The fourth-order valence-corrected chi connectivity index (χ4v) is 3.69. The molecular formula is C22H28ClN3O2. The maximum absolute atomic E-state index is 12.3. The number of nitrogens with one attached hydrogen (secondary N) is 2. The lowest BCUT2D eigenvalue weighted by Crippen LogP contribution is -2.42. The van der Waals surface area contributed by atoms with Gasteiger partial charge >= 0.3 is 6.03 Å². The first-order valence-corrected chi connectivity index (χ1v) is 10.2. The highest BCUT2D eigenvalue weighted by Gasteiger charge is 2.24. The second-order valence-electron chi connectivity index (χ2n) is 7.05. The van der Waals surface area contributed by atoms with Crippen molar-refractivity contribution in [3.8, 4) is 5.75 Å². The Morgan fingerprint density at radius 3 is 2.39 bits per heavy atom. The van der Waals surface area contributed by atoms with Gasteiger partial charge in [0.25, 0.3) is 0 Å². The molecule has 1 aliphatic heterocycles. The van der Waals surface area contributed by atoms with Gasteiger partial charge < -0.3 is 15.4 Å². The maximum Gasteiger partial charge on any atom is 0.314 e. The molecule has 1 aliphatic rings. The molecule has 150 valence electrons. The average molecular weight is 402 g/mol. The van der Waals surface area contributed by atoms with Crippen LogP contribution in [0.25, 0.3) is 0 Å². The minimum absolute atomic E-state index is 0.133. The Morgan fingerprint density at radius 2 is 1.75 bits per heavy atom. The largest absolute Gasteiger partial charge is 0.497 e. The fraction of sp³-hybridized carbons (Fsp3) is 0.409. The van der Waals surface area contributed by atoms with E-state index in [0.29, 0.717) is 13.1 Å². The number of ether oxygens (including phenoxy) is 1. The Balaban J connectivity index is 1.50. The Labute approximate surface area is 172 Å². The predicted octanol–water partition coefficient (Wildman–Crippen LogP) is 4.03. The van der Waals surface area contributed by atoms with Crippen molar-refractivity contribution in [2.24, 2.45) is 0 Å². The van der Waals surface area contributed by atoms with Gasteiger partial charge in [-0.05, 0) is 67.7 Å². The van der Waals surface area contributed by atoms with Crippen molar-refractivity contribution >= 4 is 17.6 Å². The molecule has 2 aromatic carbocycles. The van der Waals surface area contributed by atoms with Gasteiger partial charge in [0.05, 0.1) is 13.2 Å². The summed E-state index contributed by atoms with van der Waals surface area (Å²) in [5.41, 5.74) is 2.35. The minimum atomic E-state index is -0.133. The number of amides is 2. The molecule has 6 heteroatoms. The van der Waals surface area contributed by atoms with Crippen LogP contribution in [-0.2, 0) is 6.42 Å². The first-order chi connectivity index (χ1) is 13.7. The Hall–Kier alpha value is -2.24. The molecule has 2 N–H and O–H groups in total. The summed E-state index contributed by atoms with van der Waals surface area (Å²) in [5, 5.41) is 6.70. The van der Waals surface area contributed by atoms with E-state index in [2.05, 4.69) is 27.7 Å². The predicted molar refractivity (Wildman–Crippen MR) is 113 cm³/mol. The SMILES string of the molecule is COc1ccc([C@@H](CNC(=O)NCCc2ccc(Cl)cc2)N2CCCC2)cc1. The van der Waals surface area contributed by atoms with Gasteiger partial charge in [-0.1, -0.05) is 35.9 Å². The number of likely N-dealkylation sites (tertiary alicyclic amines) is 1. The van der Waals surface area contributed by atoms with E-state index >= 15 is 0 Å². The topological polar surface area (TPSA) is 53.6 Å². The number of carbonyl (C=O) groups excluding carboxylic acids is 1. The molecular weight excluding hydrogens is 374 g/mol. The maximum atomic E-state index is 12.3. The monoisotopic (exact) mass is 401 g/mol. The Bertz CT molecular complexity index is 743. The van der Waals surface area contributed by atoms with Crippen LogP contribution in [0.15, 0.2) is 48.5 Å². The molecule has 28 heavy (non-hydrogen) atoms. The minimum Gasteiger partial charge on any atom is -0.497 e. The van der Waals surface area contributed by atoms with E-state index in [0.717, 1.165) is 35.8 Å². The summed E-state index contributed by atoms with van der Waals surface area (Å²) in [6.45, 7) is 3.30. The highest BCUT2D eigenvalue weighted by Crippen LogP contribution is 2.26. The van der Waals surface area contributed by atoms with E-state index in [1.165, 1.54) is 18.4 Å². The Kier molecular flexibility index (Phi) is 7.57. The molecule has 0 aromatic heterocycles. The number of carbonyl (C=O) groups is 1. The van der Waals surface area contributed by atoms with Gasteiger partial charge in [-0.3, -0.25) is 4.90 Å². The van der Waals surface area contributed by atoms with Crippen molar-refractivity contribution in [3.05, 3.63) is 64.7 Å². The molecule has 0 bridgehead atoms. The normalized spacial score (nSPS) is 15.2. The number of urea groups is 1. The third-order valence-electron chi connectivity index (χ3n) is 5.15. The van der Waals surface area contributed by atoms with Crippen molar-refractivity contribution in [2.45, 2.75) is 25.3 Å². The molecule has 0 aliphatic carbocycles. The second kappa shape index (κ2) is 10.3. The summed E-state index contributed by atoms with van der Waals surface area (Å²) in [6.07, 6.45) is 3.19. The summed E-state index contributed by atoms with van der Waals surface area (Å²) in [5.74, 6) is 0.844. The highest BCUT2D eigenvalue weighted by atomic mass is 35.5. The molecule has 1 fully saturated rings. The van der Waals surface area contributed by atoms with Gasteiger partial charge in [-0.25, -0.2) is 4.79 Å². The molecule has 0 saturated carbocycles. The zero-order chi connectivity index (χ0) is 19.8. The standard InChI is InChI=1S/C22H28ClN3O2/c1-28-20-10-6-18(7-11-20)21(26-14-2-3-15-26)16-25-22(27)24-13-12-17-4-8-19(23)9-5-17/h4-11,21H,2-3,12-16H2,1H3,(H2,24,25,27)/t21-/m1/s1. The first-order valence-electron chi connectivity index (χ1n) is 9.80. The quantitative estimate of drug-likeness (QED) is 0.702. The first kappa shape index (κ1) is 20.5. The molecule has 2 aromatic rings. The van der Waals surface area contributed by atoms with Crippen molar-refractivity contribution < 1.29 is 9.53 Å². The summed E-state index contributed by atoms with van der Waals surface area (Å²) in [4.78, 5) is 14.7. The molecule has 2 amide bonds. The van der Waals surface area contributed by atoms with Crippen LogP contribution in [-0.4, -0.2) is 44.2 Å². The molecule has 5 nitrogen and oxygen atoms in total. The van der Waals surface area contributed by atoms with Gasteiger partial charge in [0, 0.05) is 18.1 Å². The third-order valence-corrected chi connectivity index (χ3v) is 5.40. The van der Waals surface area contributed by atoms with Gasteiger partial charge in [-0.15, -0.1) is 0 Å². The van der Waals surface area contributed by atoms with Crippen molar-refractivity contribution in [1.82, 2.24) is 15.5 Å². The molecule has 0 radical (unpaired) electrons. The number of methoxy groups -OCH3 is 1. The molecule has 1 atom stereocenters. The van der Waals surface area contributed by atoms with E-state index in [4.69, 9.17) is 16.3 Å². The van der Waals surface area contributed by atoms with Gasteiger partial charge in [0.2, 0.25) is 0 Å². The number of rotatable bonds is 8. The fourth-order valence-electron chi connectivity index (χ4n) is 3.56. The van der Waals surface area contributed by atoms with E-state index in [1.54, 1.807) is 7.11 Å². The van der Waals surface area contributed by atoms with Gasteiger partial charge in [0.15, 0.2) is 0 Å². The van der Waals surface area contributed by atoms with Crippen LogP contribution < -0.4 is 15.4 Å². The van der Waals surface area contributed by atoms with Crippen LogP contribution >= 0.6 is 11.6 Å². The zero-order valence-corrected chi connectivity index (χ0v) is 17.0. The second-order valence-corrected chi connectivity index (χ2v) is 7.48.